The molecule has 8 heteroatoms. The van der Waals surface area contributed by atoms with Gasteiger partial charge in [0.1, 0.15) is 5.75 Å². The normalized spacial score (nSPS) is 13.9. The average molecular weight is 447 g/mol. The van der Waals surface area contributed by atoms with E-state index >= 15 is 0 Å². The predicted molar refractivity (Wildman–Crippen MR) is 123 cm³/mol. The summed E-state index contributed by atoms with van der Waals surface area (Å²) in [5.41, 5.74) is 1.76. The topological polar surface area (TPSA) is 101 Å². The Hall–Kier alpha value is -4.07. The second-order valence-corrected chi connectivity index (χ2v) is 7.79. The van der Waals surface area contributed by atoms with Gasteiger partial charge in [-0.15, -0.1) is 0 Å². The number of hydrogen-bond acceptors (Lipinski definition) is 5. The number of methoxy groups -OCH3 is 1. The molecule has 4 rings (SSSR count). The Morgan fingerprint density at radius 2 is 1.55 bits per heavy atom. The minimum Gasteiger partial charge on any atom is -0.497 e. The fourth-order valence-corrected chi connectivity index (χ4v) is 3.73. The van der Waals surface area contributed by atoms with Crippen molar-refractivity contribution in [2.45, 2.75) is 12.8 Å². The molecule has 0 radical (unpaired) electrons. The van der Waals surface area contributed by atoms with Crippen LogP contribution in [0.25, 0.3) is 0 Å². The van der Waals surface area contributed by atoms with Gasteiger partial charge >= 0.3 is 0 Å². The van der Waals surface area contributed by atoms with E-state index in [0.29, 0.717) is 54.4 Å². The summed E-state index contributed by atoms with van der Waals surface area (Å²) in [5.74, 6) is 0.366. The van der Waals surface area contributed by atoms with Crippen LogP contribution in [0.3, 0.4) is 0 Å². The van der Waals surface area contributed by atoms with Crippen LogP contribution in [0, 0.1) is 5.92 Å². The maximum atomic E-state index is 12.7. The fourth-order valence-electron chi connectivity index (χ4n) is 3.73. The van der Waals surface area contributed by atoms with E-state index in [9.17, 15) is 14.4 Å². The number of anilines is 2. The van der Waals surface area contributed by atoms with Crippen molar-refractivity contribution in [3.63, 3.8) is 0 Å². The number of nitrogens with one attached hydrogen (secondary N) is 2. The van der Waals surface area contributed by atoms with Gasteiger partial charge in [-0.25, -0.2) is 0 Å². The molecular formula is C25H25N3O5. The summed E-state index contributed by atoms with van der Waals surface area (Å²) < 4.78 is 10.3. The van der Waals surface area contributed by atoms with Crippen molar-refractivity contribution < 1.29 is 23.5 Å². The summed E-state index contributed by atoms with van der Waals surface area (Å²) in [4.78, 5) is 39.2. The molecule has 1 aliphatic heterocycles. The van der Waals surface area contributed by atoms with E-state index in [4.69, 9.17) is 9.15 Å². The predicted octanol–water partition coefficient (Wildman–Crippen LogP) is 4.03. The van der Waals surface area contributed by atoms with Crippen molar-refractivity contribution >= 4 is 29.1 Å². The van der Waals surface area contributed by atoms with Crippen molar-refractivity contribution in [1.29, 1.82) is 0 Å². The quantitative estimate of drug-likeness (QED) is 0.594. The molecule has 0 saturated carbocycles. The number of carbonyl (C=O) groups is 3. The van der Waals surface area contributed by atoms with Gasteiger partial charge in [-0.05, 0) is 73.5 Å². The Labute approximate surface area is 191 Å². The van der Waals surface area contributed by atoms with E-state index in [1.165, 1.54) is 6.26 Å². The van der Waals surface area contributed by atoms with Crippen LogP contribution in [-0.4, -0.2) is 42.8 Å². The summed E-state index contributed by atoms with van der Waals surface area (Å²) in [7, 11) is 1.58. The van der Waals surface area contributed by atoms with Gasteiger partial charge < -0.3 is 24.7 Å². The standard InChI is InChI=1S/C25H25N3O5/c1-32-21-10-8-20(9-11-21)27-23(29)17-4-6-19(7-5-17)26-24(30)18-12-14-28(15-13-18)25(31)22-3-2-16-33-22/h2-11,16,18H,12-15H2,1H3,(H,26,30)(H,27,29). The molecule has 0 unspecified atom stereocenters. The second kappa shape index (κ2) is 10.0. The van der Waals surface area contributed by atoms with Crippen LogP contribution in [0.15, 0.2) is 71.3 Å². The lowest BCUT2D eigenvalue weighted by Gasteiger charge is -2.30. The van der Waals surface area contributed by atoms with Crippen LogP contribution in [0.1, 0.15) is 33.8 Å². The van der Waals surface area contributed by atoms with Gasteiger partial charge in [-0.2, -0.15) is 0 Å². The fraction of sp³-hybridized carbons (Fsp3) is 0.240. The first-order valence-electron chi connectivity index (χ1n) is 10.7. The number of hydrogen-bond donors (Lipinski definition) is 2. The highest BCUT2D eigenvalue weighted by atomic mass is 16.5. The first kappa shape index (κ1) is 22.1. The van der Waals surface area contributed by atoms with Crippen LogP contribution < -0.4 is 15.4 Å². The van der Waals surface area contributed by atoms with Gasteiger partial charge in [0.2, 0.25) is 5.91 Å². The zero-order valence-corrected chi connectivity index (χ0v) is 18.2. The van der Waals surface area contributed by atoms with E-state index in [1.807, 2.05) is 0 Å². The Bertz CT molecular complexity index is 1100. The van der Waals surface area contributed by atoms with Gasteiger partial charge in [-0.3, -0.25) is 14.4 Å². The first-order valence-corrected chi connectivity index (χ1v) is 10.7. The molecular weight excluding hydrogens is 422 g/mol. The van der Waals surface area contributed by atoms with E-state index in [0.717, 1.165) is 0 Å². The molecule has 0 bridgehead atoms. The number of ether oxygens (including phenoxy) is 1. The van der Waals surface area contributed by atoms with Gasteiger partial charge in [0, 0.05) is 35.9 Å². The van der Waals surface area contributed by atoms with Crippen LogP contribution >= 0.6 is 0 Å². The molecule has 2 aromatic carbocycles. The summed E-state index contributed by atoms with van der Waals surface area (Å²) >= 11 is 0. The van der Waals surface area contributed by atoms with Crippen molar-refractivity contribution in [2.75, 3.05) is 30.8 Å². The Balaban J connectivity index is 1.27. The molecule has 3 aromatic rings. The number of carbonyl (C=O) groups excluding carboxylic acids is 3. The molecule has 2 heterocycles. The molecule has 1 aromatic heterocycles. The van der Waals surface area contributed by atoms with Crippen molar-refractivity contribution in [3.05, 3.63) is 78.3 Å². The number of nitrogens with zero attached hydrogens (tertiary/aromatic N) is 1. The number of rotatable bonds is 6. The summed E-state index contributed by atoms with van der Waals surface area (Å²) in [5, 5.41) is 5.73. The number of likely N-dealkylation sites (tertiary alicyclic amines) is 1. The largest absolute Gasteiger partial charge is 0.497 e. The monoisotopic (exact) mass is 447 g/mol. The summed E-state index contributed by atoms with van der Waals surface area (Å²) in [6, 6.07) is 17.1. The van der Waals surface area contributed by atoms with Crippen molar-refractivity contribution in [3.8, 4) is 5.75 Å². The third kappa shape index (κ3) is 5.41. The molecule has 0 atom stereocenters. The van der Waals surface area contributed by atoms with Crippen LogP contribution in [0.5, 0.6) is 5.75 Å². The molecule has 33 heavy (non-hydrogen) atoms. The van der Waals surface area contributed by atoms with Gasteiger partial charge in [0.25, 0.3) is 11.8 Å². The van der Waals surface area contributed by atoms with Crippen molar-refractivity contribution in [1.82, 2.24) is 4.90 Å². The Kier molecular flexibility index (Phi) is 6.73. The zero-order valence-electron chi connectivity index (χ0n) is 18.2. The number of amides is 3. The number of furan rings is 1. The minimum absolute atomic E-state index is 0.0875. The number of benzene rings is 2. The second-order valence-electron chi connectivity index (χ2n) is 7.79. The van der Waals surface area contributed by atoms with Gasteiger partial charge in [0.15, 0.2) is 5.76 Å². The lowest BCUT2D eigenvalue weighted by Crippen LogP contribution is -2.41. The van der Waals surface area contributed by atoms with Crippen LogP contribution in [0.2, 0.25) is 0 Å². The summed E-state index contributed by atoms with van der Waals surface area (Å²) in [6.45, 7) is 1.00. The maximum absolute atomic E-state index is 12.7. The molecule has 8 nitrogen and oxygen atoms in total. The van der Waals surface area contributed by atoms with Crippen LogP contribution in [0.4, 0.5) is 11.4 Å². The summed E-state index contributed by atoms with van der Waals surface area (Å²) in [6.07, 6.45) is 2.64. The lowest BCUT2D eigenvalue weighted by molar-refractivity contribution is -0.121. The molecule has 170 valence electrons. The first-order chi connectivity index (χ1) is 16.0. The molecule has 1 fully saturated rings. The van der Waals surface area contributed by atoms with E-state index in [2.05, 4.69) is 10.6 Å². The Morgan fingerprint density at radius 3 is 2.15 bits per heavy atom. The van der Waals surface area contributed by atoms with Crippen LogP contribution in [-0.2, 0) is 4.79 Å². The zero-order chi connectivity index (χ0) is 23.2. The van der Waals surface area contributed by atoms with E-state index in [-0.39, 0.29) is 23.6 Å². The molecule has 1 saturated heterocycles. The lowest BCUT2D eigenvalue weighted by atomic mass is 9.95. The molecule has 0 spiro atoms. The van der Waals surface area contributed by atoms with Gasteiger partial charge in [0.05, 0.1) is 13.4 Å². The highest BCUT2D eigenvalue weighted by molar-refractivity contribution is 6.04. The van der Waals surface area contributed by atoms with Gasteiger partial charge in [-0.1, -0.05) is 0 Å². The third-order valence-electron chi connectivity index (χ3n) is 5.65. The Morgan fingerprint density at radius 1 is 0.909 bits per heavy atom. The van der Waals surface area contributed by atoms with E-state index in [1.54, 1.807) is 72.7 Å². The molecule has 1 aliphatic rings. The average Bonchev–Trinajstić information content (AvgIpc) is 3.39. The molecule has 0 aliphatic carbocycles. The smallest absolute Gasteiger partial charge is 0.289 e. The third-order valence-corrected chi connectivity index (χ3v) is 5.65. The highest BCUT2D eigenvalue weighted by Gasteiger charge is 2.28. The SMILES string of the molecule is COc1ccc(NC(=O)c2ccc(NC(=O)C3CCN(C(=O)c4ccco4)CC3)cc2)cc1. The number of piperidine rings is 1. The van der Waals surface area contributed by atoms with Crippen molar-refractivity contribution in [2.24, 2.45) is 5.92 Å². The highest BCUT2D eigenvalue weighted by Crippen LogP contribution is 2.22. The molecule has 2 N–H and O–H groups in total. The van der Waals surface area contributed by atoms with E-state index < -0.39 is 0 Å². The molecule has 3 amide bonds. The minimum atomic E-state index is -0.244. The maximum Gasteiger partial charge on any atom is 0.289 e.